The van der Waals surface area contributed by atoms with Crippen molar-refractivity contribution in [3.05, 3.63) is 16.1 Å². The third kappa shape index (κ3) is 10.1. The summed E-state index contributed by atoms with van der Waals surface area (Å²) in [5, 5.41) is 7.90. The fourth-order valence-corrected chi connectivity index (χ4v) is 2.90. The number of halogens is 1. The number of likely N-dealkylation sites (N-methyl/N-ethyl adjacent to an activating group) is 1. The second kappa shape index (κ2) is 14.0. The molecule has 0 radical (unpaired) electrons. The molecule has 23 heavy (non-hydrogen) atoms. The number of thiazole rings is 1. The lowest BCUT2D eigenvalue weighted by molar-refractivity contribution is 0.332. The van der Waals surface area contributed by atoms with Crippen molar-refractivity contribution in [3.8, 4) is 0 Å². The second-order valence-corrected chi connectivity index (χ2v) is 6.61. The van der Waals surface area contributed by atoms with E-state index in [4.69, 9.17) is 0 Å². The van der Waals surface area contributed by atoms with Crippen LogP contribution in [-0.2, 0) is 12.8 Å². The van der Waals surface area contributed by atoms with Crippen LogP contribution >= 0.6 is 35.3 Å². The van der Waals surface area contributed by atoms with Gasteiger partial charge in [-0.1, -0.05) is 20.3 Å². The standard InChI is InChI=1S/C16H31N5S.HI/c1-5-7-11-21(4)12-10-19-16(17-3)18-9-8-15-20-13-14(6-2)22-15;/h13H,5-12H2,1-4H3,(H2,17,18,19);1H. The van der Waals surface area contributed by atoms with Crippen LogP contribution in [0.15, 0.2) is 11.2 Å². The Kier molecular flexibility index (Phi) is 13.7. The molecule has 0 aromatic carbocycles. The van der Waals surface area contributed by atoms with Crippen LogP contribution in [0, 0.1) is 0 Å². The molecule has 0 aliphatic heterocycles. The van der Waals surface area contributed by atoms with Gasteiger partial charge in [-0.2, -0.15) is 0 Å². The molecule has 0 fully saturated rings. The van der Waals surface area contributed by atoms with E-state index in [-0.39, 0.29) is 24.0 Å². The van der Waals surface area contributed by atoms with Gasteiger partial charge in [0, 0.05) is 44.2 Å². The summed E-state index contributed by atoms with van der Waals surface area (Å²) in [5.74, 6) is 0.871. The first-order valence-corrected chi connectivity index (χ1v) is 9.07. The molecule has 5 nitrogen and oxygen atoms in total. The van der Waals surface area contributed by atoms with Crippen LogP contribution in [0.3, 0.4) is 0 Å². The third-order valence-electron chi connectivity index (χ3n) is 3.48. The minimum Gasteiger partial charge on any atom is -0.356 e. The molecule has 7 heteroatoms. The average molecular weight is 453 g/mol. The summed E-state index contributed by atoms with van der Waals surface area (Å²) in [5.41, 5.74) is 0. The number of aliphatic imine (C=N–C) groups is 1. The number of nitrogens with zero attached hydrogens (tertiary/aromatic N) is 3. The van der Waals surface area contributed by atoms with Gasteiger partial charge < -0.3 is 15.5 Å². The predicted octanol–water partition coefficient (Wildman–Crippen LogP) is 2.76. The van der Waals surface area contributed by atoms with Gasteiger partial charge in [0.25, 0.3) is 0 Å². The van der Waals surface area contributed by atoms with Crippen molar-refractivity contribution < 1.29 is 0 Å². The summed E-state index contributed by atoms with van der Waals surface area (Å²) >= 11 is 1.80. The fraction of sp³-hybridized carbons (Fsp3) is 0.750. The van der Waals surface area contributed by atoms with Crippen molar-refractivity contribution >= 4 is 41.3 Å². The highest BCUT2D eigenvalue weighted by molar-refractivity contribution is 14.0. The number of nitrogens with one attached hydrogen (secondary N) is 2. The largest absolute Gasteiger partial charge is 0.356 e. The van der Waals surface area contributed by atoms with Gasteiger partial charge in [0.15, 0.2) is 5.96 Å². The van der Waals surface area contributed by atoms with Crippen LogP contribution in [-0.4, -0.2) is 56.1 Å². The van der Waals surface area contributed by atoms with E-state index in [1.54, 1.807) is 11.3 Å². The Hall–Kier alpha value is -0.410. The van der Waals surface area contributed by atoms with Crippen LogP contribution in [0.4, 0.5) is 0 Å². The minimum absolute atomic E-state index is 0. The van der Waals surface area contributed by atoms with Crippen LogP contribution in [0.2, 0.25) is 0 Å². The smallest absolute Gasteiger partial charge is 0.191 e. The molecule has 1 rings (SSSR count). The van der Waals surface area contributed by atoms with Crippen molar-refractivity contribution in [1.29, 1.82) is 0 Å². The quantitative estimate of drug-likeness (QED) is 0.325. The summed E-state index contributed by atoms with van der Waals surface area (Å²) in [4.78, 5) is 12.4. The summed E-state index contributed by atoms with van der Waals surface area (Å²) in [7, 11) is 3.98. The molecule has 0 amide bonds. The average Bonchev–Trinajstić information content (AvgIpc) is 2.99. The zero-order valence-corrected chi connectivity index (χ0v) is 18.0. The Morgan fingerprint density at radius 3 is 2.61 bits per heavy atom. The number of hydrogen-bond acceptors (Lipinski definition) is 4. The fourth-order valence-electron chi connectivity index (χ4n) is 2.04. The Labute approximate surface area is 162 Å². The van der Waals surface area contributed by atoms with Crippen LogP contribution in [0.1, 0.15) is 36.6 Å². The van der Waals surface area contributed by atoms with E-state index >= 15 is 0 Å². The Morgan fingerprint density at radius 2 is 2.00 bits per heavy atom. The van der Waals surface area contributed by atoms with E-state index in [0.717, 1.165) is 45.0 Å². The van der Waals surface area contributed by atoms with Gasteiger partial charge in [-0.15, -0.1) is 35.3 Å². The van der Waals surface area contributed by atoms with E-state index in [0.29, 0.717) is 0 Å². The van der Waals surface area contributed by atoms with Gasteiger partial charge in [0.05, 0.1) is 5.01 Å². The highest BCUT2D eigenvalue weighted by Crippen LogP contribution is 2.13. The molecular formula is C16H32IN5S. The first kappa shape index (κ1) is 22.6. The molecule has 0 saturated heterocycles. The monoisotopic (exact) mass is 453 g/mol. The Balaban J connectivity index is 0.00000484. The number of aromatic nitrogens is 1. The van der Waals surface area contributed by atoms with Gasteiger partial charge in [0.2, 0.25) is 0 Å². The molecule has 1 aromatic rings. The lowest BCUT2D eigenvalue weighted by Gasteiger charge is -2.17. The van der Waals surface area contributed by atoms with E-state index < -0.39 is 0 Å². The van der Waals surface area contributed by atoms with Crippen molar-refractivity contribution in [2.45, 2.75) is 39.5 Å². The summed E-state index contributed by atoms with van der Waals surface area (Å²) in [6.45, 7) is 8.36. The molecule has 0 saturated carbocycles. The molecule has 0 aliphatic carbocycles. The molecule has 0 spiro atoms. The minimum atomic E-state index is 0. The third-order valence-corrected chi connectivity index (χ3v) is 4.69. The number of guanidine groups is 1. The molecule has 1 heterocycles. The van der Waals surface area contributed by atoms with Crippen LogP contribution in [0.25, 0.3) is 0 Å². The molecule has 0 unspecified atom stereocenters. The van der Waals surface area contributed by atoms with Gasteiger partial charge in [0.1, 0.15) is 0 Å². The highest BCUT2D eigenvalue weighted by Gasteiger charge is 2.02. The summed E-state index contributed by atoms with van der Waals surface area (Å²) < 4.78 is 0. The van der Waals surface area contributed by atoms with E-state index in [1.807, 2.05) is 13.2 Å². The second-order valence-electron chi connectivity index (χ2n) is 5.41. The maximum Gasteiger partial charge on any atom is 0.191 e. The first-order valence-electron chi connectivity index (χ1n) is 8.26. The topological polar surface area (TPSA) is 52.5 Å². The molecular weight excluding hydrogens is 421 g/mol. The van der Waals surface area contributed by atoms with Crippen molar-refractivity contribution in [2.75, 3.05) is 40.3 Å². The van der Waals surface area contributed by atoms with Crippen molar-refractivity contribution in [1.82, 2.24) is 20.5 Å². The lowest BCUT2D eigenvalue weighted by Crippen LogP contribution is -2.41. The molecule has 0 aliphatic rings. The molecule has 2 N–H and O–H groups in total. The molecule has 0 atom stereocenters. The number of hydrogen-bond donors (Lipinski definition) is 2. The van der Waals surface area contributed by atoms with Crippen LogP contribution in [0.5, 0.6) is 0 Å². The summed E-state index contributed by atoms with van der Waals surface area (Å²) in [6, 6.07) is 0. The van der Waals surface area contributed by atoms with Crippen molar-refractivity contribution in [3.63, 3.8) is 0 Å². The van der Waals surface area contributed by atoms with Gasteiger partial charge in [-0.05, 0) is 26.4 Å². The highest BCUT2D eigenvalue weighted by atomic mass is 127. The zero-order chi connectivity index (χ0) is 16.2. The van der Waals surface area contributed by atoms with Gasteiger partial charge in [-0.3, -0.25) is 4.99 Å². The lowest BCUT2D eigenvalue weighted by atomic mass is 10.3. The Morgan fingerprint density at radius 1 is 1.26 bits per heavy atom. The normalized spacial score (nSPS) is 11.4. The number of rotatable bonds is 10. The molecule has 0 bridgehead atoms. The van der Waals surface area contributed by atoms with E-state index in [2.05, 4.69) is 46.4 Å². The summed E-state index contributed by atoms with van der Waals surface area (Å²) in [6.07, 6.45) is 6.51. The SMILES string of the molecule is CCCCN(C)CCNC(=NC)NCCc1ncc(CC)s1.I. The number of unbranched alkanes of at least 4 members (excludes halogenated alkanes) is 1. The Bertz CT molecular complexity index is 436. The zero-order valence-electron chi connectivity index (χ0n) is 14.9. The predicted molar refractivity (Wildman–Crippen MR) is 112 cm³/mol. The van der Waals surface area contributed by atoms with Crippen molar-refractivity contribution in [2.24, 2.45) is 4.99 Å². The first-order chi connectivity index (χ1) is 10.7. The van der Waals surface area contributed by atoms with E-state index in [1.165, 1.54) is 22.7 Å². The number of aryl methyl sites for hydroxylation is 1. The maximum atomic E-state index is 4.44. The molecule has 1 aromatic heterocycles. The van der Waals surface area contributed by atoms with Crippen LogP contribution < -0.4 is 10.6 Å². The van der Waals surface area contributed by atoms with E-state index in [9.17, 15) is 0 Å². The van der Waals surface area contributed by atoms with Gasteiger partial charge >= 0.3 is 0 Å². The molecule has 134 valence electrons. The van der Waals surface area contributed by atoms with Gasteiger partial charge in [-0.25, -0.2) is 4.98 Å². The maximum absolute atomic E-state index is 4.44.